The summed E-state index contributed by atoms with van der Waals surface area (Å²) >= 11 is 5.74. The maximum Gasteiger partial charge on any atom is 0.329 e. The van der Waals surface area contributed by atoms with Gasteiger partial charge in [-0.25, -0.2) is 4.79 Å². The van der Waals surface area contributed by atoms with E-state index in [-0.39, 0.29) is 5.69 Å². The molecule has 1 amide bonds. The quantitative estimate of drug-likeness (QED) is 0.746. The van der Waals surface area contributed by atoms with Gasteiger partial charge in [-0.1, -0.05) is 37.3 Å². The average molecular weight is 285 g/mol. The molecule has 0 spiro atoms. The molecule has 0 unspecified atom stereocenters. The first-order valence-electron chi connectivity index (χ1n) is 6.43. The summed E-state index contributed by atoms with van der Waals surface area (Å²) < 4.78 is 0. The van der Waals surface area contributed by atoms with Crippen molar-refractivity contribution in [3.63, 3.8) is 0 Å². The number of carbonyl (C=O) groups is 2. The van der Waals surface area contributed by atoms with Crippen molar-refractivity contribution in [2.75, 3.05) is 0 Å². The molecule has 1 heterocycles. The summed E-state index contributed by atoms with van der Waals surface area (Å²) in [5.74, 6) is -1.38. The minimum Gasteiger partial charge on any atom is -0.480 e. The maximum atomic E-state index is 12.1. The van der Waals surface area contributed by atoms with Crippen LogP contribution in [0.1, 0.15) is 49.0 Å². The number of rotatable bonds is 3. The summed E-state index contributed by atoms with van der Waals surface area (Å²) in [7, 11) is 0. The van der Waals surface area contributed by atoms with E-state index in [4.69, 9.17) is 11.6 Å². The van der Waals surface area contributed by atoms with Crippen molar-refractivity contribution in [1.29, 1.82) is 0 Å². The molecule has 0 aliphatic heterocycles. The average Bonchev–Trinajstić information content (AvgIpc) is 2.65. The first-order valence-corrected chi connectivity index (χ1v) is 6.81. The molecular weight excluding hydrogens is 268 g/mol. The second kappa shape index (κ2) is 5.65. The number of amides is 1. The van der Waals surface area contributed by atoms with Crippen LogP contribution in [0.5, 0.6) is 0 Å². The Morgan fingerprint density at radius 3 is 2.37 bits per heavy atom. The van der Waals surface area contributed by atoms with Crippen LogP contribution in [0.3, 0.4) is 0 Å². The lowest BCUT2D eigenvalue weighted by Gasteiger charge is -2.29. The van der Waals surface area contributed by atoms with Crippen molar-refractivity contribution in [1.82, 2.24) is 10.3 Å². The predicted molar refractivity (Wildman–Crippen MR) is 71.3 cm³/mol. The Bertz CT molecular complexity index is 476. The zero-order chi connectivity index (χ0) is 13.9. The van der Waals surface area contributed by atoms with E-state index in [0.717, 1.165) is 25.7 Å². The molecule has 1 aromatic heterocycles. The zero-order valence-electron chi connectivity index (χ0n) is 10.5. The van der Waals surface area contributed by atoms with E-state index in [0.29, 0.717) is 17.9 Å². The van der Waals surface area contributed by atoms with Gasteiger partial charge < -0.3 is 15.4 Å². The van der Waals surface area contributed by atoms with Gasteiger partial charge in [0, 0.05) is 6.20 Å². The van der Waals surface area contributed by atoms with Crippen LogP contribution < -0.4 is 5.32 Å². The fourth-order valence-corrected chi connectivity index (χ4v) is 2.67. The van der Waals surface area contributed by atoms with Gasteiger partial charge in [-0.15, -0.1) is 0 Å². The summed E-state index contributed by atoms with van der Waals surface area (Å²) in [5, 5.41) is 12.6. The third kappa shape index (κ3) is 3.10. The molecule has 104 valence electrons. The number of aliphatic carboxylic acids is 1. The molecule has 0 atom stereocenters. The normalized spacial score (nSPS) is 18.6. The number of carboxylic acid groups (broad SMARTS) is 1. The molecule has 19 heavy (non-hydrogen) atoms. The maximum absolute atomic E-state index is 12.1. The molecule has 1 aliphatic rings. The molecule has 0 saturated heterocycles. The van der Waals surface area contributed by atoms with Crippen LogP contribution in [0.15, 0.2) is 12.3 Å². The van der Waals surface area contributed by atoms with Crippen molar-refractivity contribution >= 4 is 23.5 Å². The number of H-pyrrole nitrogens is 1. The van der Waals surface area contributed by atoms with Crippen LogP contribution in [0.4, 0.5) is 0 Å². The predicted octanol–water partition coefficient (Wildman–Crippen LogP) is 2.58. The largest absolute Gasteiger partial charge is 0.480 e. The Labute approximate surface area is 116 Å². The van der Waals surface area contributed by atoms with Gasteiger partial charge in [0.05, 0.1) is 5.02 Å². The smallest absolute Gasteiger partial charge is 0.329 e. The topological polar surface area (TPSA) is 82.2 Å². The highest BCUT2D eigenvalue weighted by atomic mass is 35.5. The molecule has 0 radical (unpaired) electrons. The molecule has 1 saturated carbocycles. The lowest BCUT2D eigenvalue weighted by molar-refractivity contribution is -0.145. The molecular formula is C13H17ClN2O3. The molecule has 0 aromatic carbocycles. The molecule has 5 nitrogen and oxygen atoms in total. The Kier molecular flexibility index (Phi) is 4.14. The third-order valence-corrected chi connectivity index (χ3v) is 3.83. The minimum atomic E-state index is -1.15. The van der Waals surface area contributed by atoms with Crippen LogP contribution in [0.2, 0.25) is 5.02 Å². The number of hydrogen-bond donors (Lipinski definition) is 3. The Hall–Kier alpha value is -1.49. The lowest BCUT2D eigenvalue weighted by Crippen LogP contribution is -2.54. The van der Waals surface area contributed by atoms with Gasteiger partial charge in [0.1, 0.15) is 11.2 Å². The van der Waals surface area contributed by atoms with Gasteiger partial charge in [0.2, 0.25) is 0 Å². The molecule has 1 fully saturated rings. The van der Waals surface area contributed by atoms with E-state index in [1.807, 2.05) is 0 Å². The van der Waals surface area contributed by atoms with E-state index in [1.165, 1.54) is 12.3 Å². The van der Waals surface area contributed by atoms with Gasteiger partial charge in [0.15, 0.2) is 0 Å². The SMILES string of the molecule is O=C(NC1(C(=O)O)CCCCCC1)c1cc(Cl)c[nH]1. The van der Waals surface area contributed by atoms with Crippen molar-refractivity contribution < 1.29 is 14.7 Å². The van der Waals surface area contributed by atoms with Crippen molar-refractivity contribution in [2.24, 2.45) is 0 Å². The monoisotopic (exact) mass is 284 g/mol. The number of carbonyl (C=O) groups excluding carboxylic acids is 1. The molecule has 1 aliphatic carbocycles. The molecule has 0 bridgehead atoms. The van der Waals surface area contributed by atoms with Crippen LogP contribution in [-0.2, 0) is 4.79 Å². The van der Waals surface area contributed by atoms with Crippen LogP contribution in [0, 0.1) is 0 Å². The van der Waals surface area contributed by atoms with E-state index in [1.54, 1.807) is 0 Å². The van der Waals surface area contributed by atoms with Crippen LogP contribution >= 0.6 is 11.6 Å². The minimum absolute atomic E-state index is 0.287. The first-order chi connectivity index (χ1) is 9.03. The number of halogens is 1. The van der Waals surface area contributed by atoms with Gasteiger partial charge >= 0.3 is 5.97 Å². The van der Waals surface area contributed by atoms with Crippen molar-refractivity contribution in [3.8, 4) is 0 Å². The molecule has 2 rings (SSSR count). The van der Waals surface area contributed by atoms with E-state index >= 15 is 0 Å². The van der Waals surface area contributed by atoms with E-state index in [9.17, 15) is 14.7 Å². The highest BCUT2D eigenvalue weighted by Crippen LogP contribution is 2.28. The second-order valence-electron chi connectivity index (χ2n) is 4.99. The number of hydrogen-bond acceptors (Lipinski definition) is 2. The summed E-state index contributed by atoms with van der Waals surface area (Å²) in [6.45, 7) is 0. The number of nitrogens with one attached hydrogen (secondary N) is 2. The Balaban J connectivity index is 2.16. The van der Waals surface area contributed by atoms with Gasteiger partial charge in [-0.3, -0.25) is 4.79 Å². The number of aromatic nitrogens is 1. The summed E-state index contributed by atoms with van der Waals surface area (Å²) in [4.78, 5) is 26.4. The van der Waals surface area contributed by atoms with Gasteiger partial charge in [0.25, 0.3) is 5.91 Å². The number of carboxylic acids is 1. The second-order valence-corrected chi connectivity index (χ2v) is 5.42. The van der Waals surface area contributed by atoms with Gasteiger partial charge in [-0.05, 0) is 18.9 Å². The van der Waals surface area contributed by atoms with Crippen molar-refractivity contribution in [2.45, 2.75) is 44.1 Å². The van der Waals surface area contributed by atoms with Crippen molar-refractivity contribution in [3.05, 3.63) is 23.0 Å². The van der Waals surface area contributed by atoms with E-state index < -0.39 is 17.4 Å². The zero-order valence-corrected chi connectivity index (χ0v) is 11.3. The van der Waals surface area contributed by atoms with Crippen LogP contribution in [-0.4, -0.2) is 27.5 Å². The molecule has 3 N–H and O–H groups in total. The summed E-state index contributed by atoms with van der Waals surface area (Å²) in [6.07, 6.45) is 6.11. The lowest BCUT2D eigenvalue weighted by atomic mass is 9.90. The Morgan fingerprint density at radius 1 is 1.26 bits per heavy atom. The Morgan fingerprint density at radius 2 is 1.89 bits per heavy atom. The standard InChI is InChI=1S/C13H17ClN2O3/c14-9-7-10(15-8-9)11(17)16-13(12(18)19)5-3-1-2-4-6-13/h7-8,15H,1-6H2,(H,16,17)(H,18,19). The number of aromatic amines is 1. The molecule has 6 heteroatoms. The third-order valence-electron chi connectivity index (χ3n) is 3.61. The highest BCUT2D eigenvalue weighted by molar-refractivity contribution is 6.31. The first kappa shape index (κ1) is 13.9. The highest BCUT2D eigenvalue weighted by Gasteiger charge is 2.40. The molecule has 1 aromatic rings. The van der Waals surface area contributed by atoms with E-state index in [2.05, 4.69) is 10.3 Å². The van der Waals surface area contributed by atoms with Crippen LogP contribution in [0.25, 0.3) is 0 Å². The summed E-state index contributed by atoms with van der Waals surface area (Å²) in [5.41, 5.74) is -0.861. The fraction of sp³-hybridized carbons (Fsp3) is 0.538. The van der Waals surface area contributed by atoms with Gasteiger partial charge in [-0.2, -0.15) is 0 Å². The summed E-state index contributed by atoms with van der Waals surface area (Å²) in [6, 6.07) is 1.49. The fourth-order valence-electron chi connectivity index (χ4n) is 2.51.